The lowest BCUT2D eigenvalue weighted by Crippen LogP contribution is -1.90. The Kier molecular flexibility index (Phi) is 2.24. The minimum atomic E-state index is -0.763. The van der Waals surface area contributed by atoms with Crippen molar-refractivity contribution in [1.29, 1.82) is 0 Å². The average Bonchev–Trinajstić information content (AvgIpc) is 2.64. The molecule has 8 heteroatoms. The van der Waals surface area contributed by atoms with Gasteiger partial charge in [-0.3, -0.25) is 10.1 Å². The molecular weight excluding hydrogens is 219 g/mol. The number of anilines is 1. The maximum absolute atomic E-state index is 13.1. The summed E-state index contributed by atoms with van der Waals surface area (Å²) in [5, 5.41) is 17.4. The molecule has 0 amide bonds. The zero-order valence-electron chi connectivity index (χ0n) is 7.75. The molecule has 0 aliphatic heterocycles. The molecule has 0 aliphatic carbocycles. The van der Waals surface area contributed by atoms with E-state index in [1.54, 1.807) is 0 Å². The first-order valence-electron chi connectivity index (χ1n) is 4.10. The number of nitrogen functional groups attached to an aromatic ring is 1. The summed E-state index contributed by atoms with van der Waals surface area (Å²) in [7, 11) is 0. The third-order valence-electron chi connectivity index (χ3n) is 1.78. The number of nitro benzene ring substituents is 1. The largest absolute Gasteiger partial charge is 0.404 e. The first kappa shape index (κ1) is 10.0. The Morgan fingerprint density at radius 3 is 2.69 bits per heavy atom. The van der Waals surface area contributed by atoms with Gasteiger partial charge in [0.1, 0.15) is 5.82 Å². The minimum Gasteiger partial charge on any atom is -0.404 e. The number of rotatable bonds is 2. The predicted octanol–water partition coefficient (Wildman–Crippen LogP) is 1.37. The molecule has 0 atom stereocenters. The van der Waals surface area contributed by atoms with Gasteiger partial charge in [0.15, 0.2) is 0 Å². The molecule has 1 aromatic heterocycles. The Bertz CT molecular complexity index is 554. The Morgan fingerprint density at radius 1 is 1.38 bits per heavy atom. The third kappa shape index (κ3) is 1.80. The van der Waals surface area contributed by atoms with Crippen molar-refractivity contribution < 1.29 is 13.7 Å². The topological polar surface area (TPSA) is 108 Å². The Morgan fingerprint density at radius 2 is 2.12 bits per heavy atom. The van der Waals surface area contributed by atoms with Crippen LogP contribution >= 0.6 is 0 Å². The average molecular weight is 224 g/mol. The van der Waals surface area contributed by atoms with Crippen molar-refractivity contribution in [1.82, 2.24) is 10.2 Å². The van der Waals surface area contributed by atoms with E-state index in [4.69, 9.17) is 10.2 Å². The van der Waals surface area contributed by atoms with Crippen LogP contribution in [0.4, 0.5) is 16.1 Å². The molecule has 1 heterocycles. The zero-order chi connectivity index (χ0) is 11.7. The first-order valence-corrected chi connectivity index (χ1v) is 4.10. The molecule has 0 bridgehead atoms. The molecule has 1 aromatic carbocycles. The Hall–Kier alpha value is -2.51. The summed E-state index contributed by atoms with van der Waals surface area (Å²) in [6, 6.07) is 2.76. The van der Waals surface area contributed by atoms with Gasteiger partial charge in [-0.05, 0) is 6.07 Å². The second kappa shape index (κ2) is 3.57. The number of hydrogen-bond acceptors (Lipinski definition) is 6. The molecule has 2 rings (SSSR count). The lowest BCUT2D eigenvalue weighted by atomic mass is 10.2. The van der Waals surface area contributed by atoms with E-state index in [0.29, 0.717) is 0 Å². The highest BCUT2D eigenvalue weighted by atomic mass is 19.1. The summed E-state index contributed by atoms with van der Waals surface area (Å²) >= 11 is 0. The van der Waals surface area contributed by atoms with E-state index in [1.165, 1.54) is 0 Å². The molecule has 0 saturated heterocycles. The molecule has 2 N–H and O–H groups in total. The van der Waals surface area contributed by atoms with E-state index in [-0.39, 0.29) is 17.5 Å². The molecular formula is C8H5FN4O3. The van der Waals surface area contributed by atoms with Crippen LogP contribution in [0.5, 0.6) is 0 Å². The van der Waals surface area contributed by atoms with Crippen LogP contribution in [0.15, 0.2) is 22.6 Å². The van der Waals surface area contributed by atoms with Gasteiger partial charge in [0.05, 0.1) is 11.0 Å². The first-order chi connectivity index (χ1) is 7.56. The highest BCUT2D eigenvalue weighted by Gasteiger charge is 2.14. The normalized spacial score (nSPS) is 10.3. The predicted molar refractivity (Wildman–Crippen MR) is 50.8 cm³/mol. The van der Waals surface area contributed by atoms with Crippen molar-refractivity contribution in [3.8, 4) is 11.5 Å². The quantitative estimate of drug-likeness (QED) is 0.609. The number of aromatic nitrogens is 2. The molecule has 0 fully saturated rings. The SMILES string of the molecule is Nc1nnc(-c2cc(F)cc([N+](=O)[O-])c2)o1. The number of halogens is 1. The summed E-state index contributed by atoms with van der Waals surface area (Å²) in [5.41, 5.74) is 4.89. The smallest absolute Gasteiger partial charge is 0.313 e. The fourth-order valence-electron chi connectivity index (χ4n) is 1.15. The number of non-ortho nitro benzene ring substituents is 1. The molecule has 16 heavy (non-hydrogen) atoms. The van der Waals surface area contributed by atoms with Crippen LogP contribution < -0.4 is 5.73 Å². The monoisotopic (exact) mass is 224 g/mol. The van der Waals surface area contributed by atoms with E-state index in [0.717, 1.165) is 18.2 Å². The summed E-state index contributed by atoms with van der Waals surface area (Å²) < 4.78 is 17.9. The summed E-state index contributed by atoms with van der Waals surface area (Å²) in [4.78, 5) is 9.77. The van der Waals surface area contributed by atoms with E-state index < -0.39 is 16.4 Å². The van der Waals surface area contributed by atoms with Crippen molar-refractivity contribution in [2.45, 2.75) is 0 Å². The Labute approximate surface area is 87.8 Å². The van der Waals surface area contributed by atoms with Crippen LogP contribution in [-0.2, 0) is 0 Å². The second-order valence-electron chi connectivity index (χ2n) is 2.90. The molecule has 0 radical (unpaired) electrons. The molecule has 0 spiro atoms. The lowest BCUT2D eigenvalue weighted by molar-refractivity contribution is -0.385. The van der Waals surface area contributed by atoms with Crippen LogP contribution in [0.25, 0.3) is 11.5 Å². The van der Waals surface area contributed by atoms with Crippen molar-refractivity contribution in [3.05, 3.63) is 34.1 Å². The van der Waals surface area contributed by atoms with E-state index in [9.17, 15) is 14.5 Å². The standard InChI is InChI=1S/C8H5FN4O3/c9-5-1-4(2-6(3-5)13(14)15)7-11-12-8(10)16-7/h1-3H,(H2,10,12). The van der Waals surface area contributed by atoms with E-state index in [2.05, 4.69) is 10.2 Å². The van der Waals surface area contributed by atoms with Gasteiger partial charge in [0.2, 0.25) is 5.89 Å². The lowest BCUT2D eigenvalue weighted by Gasteiger charge is -1.96. The molecule has 7 nitrogen and oxygen atoms in total. The number of benzene rings is 1. The van der Waals surface area contributed by atoms with Crippen LogP contribution in [0.3, 0.4) is 0 Å². The third-order valence-corrected chi connectivity index (χ3v) is 1.78. The summed E-state index contributed by atoms with van der Waals surface area (Å²) in [6.45, 7) is 0. The van der Waals surface area contributed by atoms with Gasteiger partial charge in [0.25, 0.3) is 5.69 Å². The number of hydrogen-bond donors (Lipinski definition) is 1. The van der Waals surface area contributed by atoms with Crippen LogP contribution in [0.2, 0.25) is 0 Å². The Balaban J connectivity index is 2.53. The van der Waals surface area contributed by atoms with Crippen LogP contribution in [0.1, 0.15) is 0 Å². The van der Waals surface area contributed by atoms with Crippen molar-refractivity contribution in [2.75, 3.05) is 5.73 Å². The highest BCUT2D eigenvalue weighted by Crippen LogP contribution is 2.24. The maximum Gasteiger partial charge on any atom is 0.313 e. The molecule has 0 unspecified atom stereocenters. The number of nitrogens with two attached hydrogens (primary N) is 1. The minimum absolute atomic E-state index is 0.0694. The number of nitrogens with zero attached hydrogens (tertiary/aromatic N) is 3. The molecule has 0 saturated carbocycles. The fourth-order valence-corrected chi connectivity index (χ4v) is 1.15. The summed E-state index contributed by atoms with van der Waals surface area (Å²) in [6.07, 6.45) is 0. The van der Waals surface area contributed by atoms with Gasteiger partial charge in [-0.15, -0.1) is 5.10 Å². The van der Waals surface area contributed by atoms with Gasteiger partial charge in [-0.2, -0.15) is 0 Å². The van der Waals surface area contributed by atoms with Gasteiger partial charge >= 0.3 is 6.01 Å². The van der Waals surface area contributed by atoms with Gasteiger partial charge in [0, 0.05) is 11.6 Å². The fraction of sp³-hybridized carbons (Fsp3) is 0. The van der Waals surface area contributed by atoms with E-state index in [1.807, 2.05) is 0 Å². The number of nitro groups is 1. The zero-order valence-corrected chi connectivity index (χ0v) is 7.75. The van der Waals surface area contributed by atoms with Gasteiger partial charge < -0.3 is 10.2 Å². The maximum atomic E-state index is 13.1. The molecule has 82 valence electrons. The van der Waals surface area contributed by atoms with Crippen LogP contribution in [0, 0.1) is 15.9 Å². The van der Waals surface area contributed by atoms with Crippen molar-refractivity contribution in [3.63, 3.8) is 0 Å². The van der Waals surface area contributed by atoms with Gasteiger partial charge in [-0.1, -0.05) is 5.10 Å². The highest BCUT2D eigenvalue weighted by molar-refractivity contribution is 5.58. The molecule has 2 aromatic rings. The summed E-state index contributed by atoms with van der Waals surface area (Å²) in [5.74, 6) is -0.832. The van der Waals surface area contributed by atoms with Crippen molar-refractivity contribution >= 4 is 11.7 Å². The molecule has 0 aliphatic rings. The van der Waals surface area contributed by atoms with E-state index >= 15 is 0 Å². The van der Waals surface area contributed by atoms with Crippen molar-refractivity contribution in [2.24, 2.45) is 0 Å². The van der Waals surface area contributed by atoms with Gasteiger partial charge in [-0.25, -0.2) is 4.39 Å². The van der Waals surface area contributed by atoms with Crippen LogP contribution in [-0.4, -0.2) is 15.1 Å². The second-order valence-corrected chi connectivity index (χ2v) is 2.90.